The van der Waals surface area contributed by atoms with Crippen molar-refractivity contribution >= 4 is 17.2 Å². The van der Waals surface area contributed by atoms with Gasteiger partial charge in [0.2, 0.25) is 5.82 Å². The Morgan fingerprint density at radius 2 is 2.06 bits per heavy atom. The zero-order valence-corrected chi connectivity index (χ0v) is 18.2. The number of nitrogens with zero attached hydrogens (tertiary/aromatic N) is 5. The van der Waals surface area contributed by atoms with Crippen LogP contribution in [-0.2, 0) is 15.9 Å². The molecule has 1 aliphatic heterocycles. The number of nitrogens with two attached hydrogens (primary N) is 1. The third kappa shape index (κ3) is 4.27. The number of pyridine rings is 1. The van der Waals surface area contributed by atoms with Crippen LogP contribution in [0.5, 0.6) is 0 Å². The number of hydrogen-bond donors (Lipinski definition) is 1. The van der Waals surface area contributed by atoms with E-state index in [9.17, 15) is 10.1 Å². The van der Waals surface area contributed by atoms with Crippen LogP contribution in [-0.4, -0.2) is 59.7 Å². The number of nitrogen functional groups attached to an aromatic ring is 1. The molecular formula is C22H26N6O4. The van der Waals surface area contributed by atoms with Gasteiger partial charge in [-0.1, -0.05) is 23.8 Å². The maximum atomic E-state index is 12.0. The molecule has 0 atom stereocenters. The van der Waals surface area contributed by atoms with Crippen LogP contribution in [0.3, 0.4) is 0 Å². The van der Waals surface area contributed by atoms with Crippen LogP contribution in [0.4, 0.5) is 17.2 Å². The first-order valence-electron chi connectivity index (χ1n) is 10.4. The molecule has 10 nitrogen and oxygen atoms in total. The summed E-state index contributed by atoms with van der Waals surface area (Å²) in [5, 5.41) is 16.7. The highest BCUT2D eigenvalue weighted by atomic mass is 16.6. The Balaban J connectivity index is 1.88. The fraction of sp³-hybridized carbons (Fsp3) is 0.364. The number of aryl methyl sites for hydroxylation is 1. The number of methoxy groups -OCH3 is 1. The number of anilines is 2. The lowest BCUT2D eigenvalue weighted by Gasteiger charge is -2.31. The van der Waals surface area contributed by atoms with Crippen molar-refractivity contribution in [3.05, 3.63) is 57.8 Å². The van der Waals surface area contributed by atoms with E-state index in [0.29, 0.717) is 56.4 Å². The standard InChI is InChI=1S/C22H26N6O4/c1-15-4-3-5-16(14-15)18-6-8-27(25-18)22-17(7-11-31-2)19(26-9-12-32-13-10-26)20(28(29)30)21(23)24-22/h3-6,8,14H,7,9-13H2,1-2H3,(H2,23,24). The van der Waals surface area contributed by atoms with Crippen molar-refractivity contribution in [2.45, 2.75) is 13.3 Å². The molecule has 0 saturated carbocycles. The molecule has 1 aromatic carbocycles. The lowest BCUT2D eigenvalue weighted by Crippen LogP contribution is -2.37. The third-order valence-electron chi connectivity index (χ3n) is 5.44. The summed E-state index contributed by atoms with van der Waals surface area (Å²) in [5.74, 6) is 0.325. The van der Waals surface area contributed by atoms with Crippen LogP contribution in [0, 0.1) is 17.0 Å². The van der Waals surface area contributed by atoms with Crippen molar-refractivity contribution in [2.24, 2.45) is 0 Å². The summed E-state index contributed by atoms with van der Waals surface area (Å²) in [7, 11) is 1.59. The Bertz CT molecular complexity index is 1120. The third-order valence-corrected chi connectivity index (χ3v) is 5.44. The van der Waals surface area contributed by atoms with Gasteiger partial charge in [0.05, 0.1) is 30.4 Å². The first-order chi connectivity index (χ1) is 15.5. The van der Waals surface area contributed by atoms with E-state index in [-0.39, 0.29) is 11.5 Å². The van der Waals surface area contributed by atoms with Gasteiger partial charge < -0.3 is 20.1 Å². The van der Waals surface area contributed by atoms with E-state index in [1.54, 1.807) is 18.0 Å². The molecule has 2 N–H and O–H groups in total. The van der Waals surface area contributed by atoms with Gasteiger partial charge in [0.1, 0.15) is 5.69 Å². The molecule has 0 radical (unpaired) electrons. The molecule has 0 aliphatic carbocycles. The summed E-state index contributed by atoms with van der Waals surface area (Å²) >= 11 is 0. The Morgan fingerprint density at radius 3 is 2.75 bits per heavy atom. The van der Waals surface area contributed by atoms with Gasteiger partial charge >= 0.3 is 5.69 Å². The number of morpholine rings is 1. The molecule has 168 valence electrons. The van der Waals surface area contributed by atoms with Gasteiger partial charge in [0.25, 0.3) is 0 Å². The van der Waals surface area contributed by atoms with E-state index in [2.05, 4.69) is 11.1 Å². The van der Waals surface area contributed by atoms with Crippen LogP contribution in [0.15, 0.2) is 36.5 Å². The number of rotatable bonds is 7. The smallest absolute Gasteiger partial charge is 0.334 e. The minimum Gasteiger partial charge on any atom is -0.384 e. The van der Waals surface area contributed by atoms with Gasteiger partial charge in [-0.15, -0.1) is 0 Å². The summed E-state index contributed by atoms with van der Waals surface area (Å²) in [6.07, 6.45) is 2.22. The summed E-state index contributed by atoms with van der Waals surface area (Å²) < 4.78 is 12.4. The van der Waals surface area contributed by atoms with Gasteiger partial charge in [0.15, 0.2) is 5.82 Å². The molecule has 0 unspecified atom stereocenters. The first kappa shape index (κ1) is 21.7. The monoisotopic (exact) mass is 438 g/mol. The molecule has 4 rings (SSSR count). The SMILES string of the molecule is COCCc1c(-n2ccc(-c3cccc(C)c3)n2)nc(N)c([N+](=O)[O-])c1N1CCOCC1. The highest BCUT2D eigenvalue weighted by Crippen LogP contribution is 2.39. The Kier molecular flexibility index (Phi) is 6.33. The van der Waals surface area contributed by atoms with Crippen molar-refractivity contribution < 1.29 is 14.4 Å². The summed E-state index contributed by atoms with van der Waals surface area (Å²) in [6.45, 7) is 4.42. The van der Waals surface area contributed by atoms with E-state index in [1.165, 1.54) is 0 Å². The molecule has 3 heterocycles. The summed E-state index contributed by atoms with van der Waals surface area (Å²) in [5.41, 5.74) is 9.95. The molecule has 1 fully saturated rings. The highest BCUT2D eigenvalue weighted by molar-refractivity contribution is 5.79. The second kappa shape index (κ2) is 9.33. The number of ether oxygens (including phenoxy) is 2. The molecule has 0 bridgehead atoms. The largest absolute Gasteiger partial charge is 0.384 e. The predicted molar refractivity (Wildman–Crippen MR) is 121 cm³/mol. The number of nitro groups is 1. The van der Waals surface area contributed by atoms with Crippen molar-refractivity contribution in [1.82, 2.24) is 14.8 Å². The molecular weight excluding hydrogens is 412 g/mol. The highest BCUT2D eigenvalue weighted by Gasteiger charge is 2.32. The molecule has 1 aliphatic rings. The fourth-order valence-electron chi connectivity index (χ4n) is 3.94. The van der Waals surface area contributed by atoms with Crippen LogP contribution in [0.2, 0.25) is 0 Å². The molecule has 0 spiro atoms. The molecule has 0 amide bonds. The van der Waals surface area contributed by atoms with E-state index < -0.39 is 4.92 Å². The predicted octanol–water partition coefficient (Wildman–Crippen LogP) is 2.76. The Morgan fingerprint density at radius 1 is 1.28 bits per heavy atom. The maximum absolute atomic E-state index is 12.0. The van der Waals surface area contributed by atoms with Crippen LogP contribution >= 0.6 is 0 Å². The average Bonchev–Trinajstić information content (AvgIpc) is 3.28. The van der Waals surface area contributed by atoms with Crippen LogP contribution in [0.25, 0.3) is 17.1 Å². The Hall–Kier alpha value is -3.50. The number of hydrogen-bond acceptors (Lipinski definition) is 8. The summed E-state index contributed by atoms with van der Waals surface area (Å²) in [4.78, 5) is 17.9. The second-order valence-corrected chi connectivity index (χ2v) is 7.61. The zero-order valence-electron chi connectivity index (χ0n) is 18.2. The van der Waals surface area contributed by atoms with Crippen molar-refractivity contribution in [1.29, 1.82) is 0 Å². The van der Waals surface area contributed by atoms with Gasteiger partial charge in [0, 0.05) is 43.9 Å². The summed E-state index contributed by atoms with van der Waals surface area (Å²) in [6, 6.07) is 9.93. The van der Waals surface area contributed by atoms with E-state index in [0.717, 1.165) is 16.8 Å². The van der Waals surface area contributed by atoms with Crippen LogP contribution < -0.4 is 10.6 Å². The zero-order chi connectivity index (χ0) is 22.7. The maximum Gasteiger partial charge on any atom is 0.334 e. The van der Waals surface area contributed by atoms with Crippen molar-refractivity contribution in [3.8, 4) is 17.1 Å². The lowest BCUT2D eigenvalue weighted by atomic mass is 10.1. The molecule has 3 aromatic rings. The average molecular weight is 438 g/mol. The fourth-order valence-corrected chi connectivity index (χ4v) is 3.94. The Labute approximate surface area is 185 Å². The van der Waals surface area contributed by atoms with E-state index in [1.807, 2.05) is 36.1 Å². The van der Waals surface area contributed by atoms with Gasteiger partial charge in [-0.2, -0.15) is 5.10 Å². The molecule has 32 heavy (non-hydrogen) atoms. The number of aromatic nitrogens is 3. The lowest BCUT2D eigenvalue weighted by molar-refractivity contribution is -0.383. The second-order valence-electron chi connectivity index (χ2n) is 7.61. The normalized spacial score (nSPS) is 14.0. The van der Waals surface area contributed by atoms with Crippen molar-refractivity contribution in [3.63, 3.8) is 0 Å². The minimum absolute atomic E-state index is 0.139. The topological polar surface area (TPSA) is 122 Å². The molecule has 1 saturated heterocycles. The van der Waals surface area contributed by atoms with E-state index in [4.69, 9.17) is 20.3 Å². The molecule has 2 aromatic heterocycles. The quantitative estimate of drug-likeness (QED) is 0.441. The molecule has 10 heteroatoms. The minimum atomic E-state index is -0.464. The van der Waals surface area contributed by atoms with Gasteiger partial charge in [-0.05, 0) is 19.1 Å². The van der Waals surface area contributed by atoms with Crippen molar-refractivity contribution in [2.75, 3.05) is 50.7 Å². The van der Waals surface area contributed by atoms with E-state index >= 15 is 0 Å². The number of benzene rings is 1. The van der Waals surface area contributed by atoms with Gasteiger partial charge in [-0.3, -0.25) is 10.1 Å². The first-order valence-corrected chi connectivity index (χ1v) is 10.4. The van der Waals surface area contributed by atoms with Gasteiger partial charge in [-0.25, -0.2) is 9.67 Å². The van der Waals surface area contributed by atoms with Crippen LogP contribution in [0.1, 0.15) is 11.1 Å².